The van der Waals surface area contributed by atoms with E-state index in [0.717, 1.165) is 12.0 Å². The van der Waals surface area contributed by atoms with Crippen LogP contribution in [0.4, 0.5) is 0 Å². The van der Waals surface area contributed by atoms with E-state index in [9.17, 15) is 10.1 Å². The van der Waals surface area contributed by atoms with E-state index in [-0.39, 0.29) is 6.42 Å². The molecule has 7 heteroatoms. The quantitative estimate of drug-likeness (QED) is 0.458. The summed E-state index contributed by atoms with van der Waals surface area (Å²) in [6.07, 6.45) is 0.957. The van der Waals surface area contributed by atoms with Gasteiger partial charge in [0.05, 0.1) is 6.61 Å². The van der Waals surface area contributed by atoms with Gasteiger partial charge >= 0.3 is 11.8 Å². The number of para-hydroxylation sites is 1. The average Bonchev–Trinajstić information content (AvgIpc) is 2.99. The van der Waals surface area contributed by atoms with Crippen molar-refractivity contribution in [2.45, 2.75) is 31.5 Å². The molecule has 1 fully saturated rings. The summed E-state index contributed by atoms with van der Waals surface area (Å²) in [6, 6.07) is 7.22. The Labute approximate surface area is 109 Å². The molecule has 0 aliphatic carbocycles. The van der Waals surface area contributed by atoms with Gasteiger partial charge in [-0.1, -0.05) is 25.1 Å². The second-order valence-corrected chi connectivity index (χ2v) is 4.46. The Morgan fingerprint density at radius 3 is 3.00 bits per heavy atom. The summed E-state index contributed by atoms with van der Waals surface area (Å²) in [6.45, 7) is 2.29. The van der Waals surface area contributed by atoms with Crippen LogP contribution in [0.2, 0.25) is 0 Å². The minimum atomic E-state index is -1.50. The molecule has 19 heavy (non-hydrogen) atoms. The molecule has 2 unspecified atom stereocenters. The normalized spacial score (nSPS) is 30.8. The number of ether oxygens (including phenoxy) is 3. The van der Waals surface area contributed by atoms with Gasteiger partial charge in [0.2, 0.25) is 0 Å². The first-order chi connectivity index (χ1) is 9.11. The van der Waals surface area contributed by atoms with Gasteiger partial charge in [-0.3, -0.25) is 9.57 Å². The molecule has 2 heterocycles. The number of fused-ring (bicyclic) bond motifs is 2. The molecule has 102 valence electrons. The third kappa shape index (κ3) is 1.82. The summed E-state index contributed by atoms with van der Waals surface area (Å²) in [5.74, 6) is -2.39. The Kier molecular flexibility index (Phi) is 2.61. The maximum Gasteiger partial charge on any atom is 0.387 e. The fraction of sp³-hybridized carbons (Fsp3) is 0.500. The Morgan fingerprint density at radius 1 is 1.47 bits per heavy atom. The van der Waals surface area contributed by atoms with Crippen molar-refractivity contribution in [2.75, 3.05) is 6.61 Å². The third-order valence-corrected chi connectivity index (χ3v) is 3.08. The van der Waals surface area contributed by atoms with Gasteiger partial charge in [0.15, 0.2) is 0 Å². The van der Waals surface area contributed by atoms with Crippen molar-refractivity contribution >= 4 is 0 Å². The van der Waals surface area contributed by atoms with Gasteiger partial charge in [0.1, 0.15) is 5.75 Å². The molecule has 7 nitrogen and oxygen atoms in total. The van der Waals surface area contributed by atoms with Crippen LogP contribution in [0.1, 0.15) is 18.9 Å². The zero-order chi connectivity index (χ0) is 13.5. The molecule has 1 aromatic carbocycles. The topological polar surface area (TPSA) is 83.4 Å². The van der Waals surface area contributed by atoms with Gasteiger partial charge in [-0.05, 0) is 18.1 Å². The van der Waals surface area contributed by atoms with Crippen LogP contribution in [0.25, 0.3) is 0 Å². The summed E-state index contributed by atoms with van der Waals surface area (Å²) < 4.78 is 16.4. The van der Waals surface area contributed by atoms with E-state index in [1.165, 1.54) is 0 Å². The first kappa shape index (κ1) is 12.2. The number of benzene rings is 1. The molecule has 3 rings (SSSR count). The highest BCUT2D eigenvalue weighted by atomic mass is 17.1. The van der Waals surface area contributed by atoms with E-state index >= 15 is 0 Å². The summed E-state index contributed by atoms with van der Waals surface area (Å²) in [4.78, 5) is 15.3. The van der Waals surface area contributed by atoms with Crippen LogP contribution < -0.4 is 4.74 Å². The molecule has 2 atom stereocenters. The van der Waals surface area contributed by atoms with Crippen molar-refractivity contribution in [3.8, 4) is 5.75 Å². The van der Waals surface area contributed by atoms with Crippen LogP contribution in [-0.4, -0.2) is 23.5 Å². The standard InChI is InChI=1S/C12H13NO6/c1-2-7-16-12-11(18-12,19-13(14)15)8-9-5-3-4-6-10(9)17-12/h3-6H,2,7-8H2,1H3. The Hall–Kier alpha value is -1.86. The molecule has 0 radical (unpaired) electrons. The summed E-state index contributed by atoms with van der Waals surface area (Å²) in [5, 5.41) is 9.74. The van der Waals surface area contributed by atoms with Crippen molar-refractivity contribution < 1.29 is 24.1 Å². The maximum absolute atomic E-state index is 10.6. The monoisotopic (exact) mass is 267 g/mol. The summed E-state index contributed by atoms with van der Waals surface area (Å²) >= 11 is 0. The fourth-order valence-corrected chi connectivity index (χ4v) is 2.21. The fourth-order valence-electron chi connectivity index (χ4n) is 2.21. The zero-order valence-corrected chi connectivity index (χ0v) is 10.3. The van der Waals surface area contributed by atoms with Crippen LogP contribution in [0.5, 0.6) is 5.75 Å². The van der Waals surface area contributed by atoms with Crippen LogP contribution in [0, 0.1) is 10.1 Å². The highest BCUT2D eigenvalue weighted by Gasteiger charge is 2.81. The van der Waals surface area contributed by atoms with Gasteiger partial charge in [-0.15, -0.1) is 10.1 Å². The molecular formula is C12H13NO6. The van der Waals surface area contributed by atoms with Crippen LogP contribution in [-0.2, 0) is 20.7 Å². The molecule has 0 bridgehead atoms. The predicted octanol–water partition coefficient (Wildman–Crippen LogP) is 1.64. The van der Waals surface area contributed by atoms with Crippen LogP contribution >= 0.6 is 0 Å². The van der Waals surface area contributed by atoms with E-state index in [1.807, 2.05) is 25.1 Å². The van der Waals surface area contributed by atoms with Crippen molar-refractivity contribution in [1.82, 2.24) is 0 Å². The Bertz CT molecular complexity index is 521. The molecule has 0 saturated carbocycles. The number of nitrogens with zero attached hydrogens (tertiary/aromatic N) is 1. The first-order valence-corrected chi connectivity index (χ1v) is 6.05. The number of epoxide rings is 1. The third-order valence-electron chi connectivity index (χ3n) is 3.08. The van der Waals surface area contributed by atoms with E-state index in [2.05, 4.69) is 4.84 Å². The summed E-state index contributed by atoms with van der Waals surface area (Å²) in [7, 11) is 0. The minimum absolute atomic E-state index is 0.216. The van der Waals surface area contributed by atoms with E-state index in [0.29, 0.717) is 12.4 Å². The predicted molar refractivity (Wildman–Crippen MR) is 61.6 cm³/mol. The average molecular weight is 267 g/mol. The lowest BCUT2D eigenvalue weighted by Crippen LogP contribution is -2.42. The smallest absolute Gasteiger partial charge is 0.387 e. The number of rotatable bonds is 5. The molecule has 2 aliphatic rings. The van der Waals surface area contributed by atoms with E-state index < -0.39 is 16.8 Å². The molecular weight excluding hydrogens is 254 g/mol. The highest BCUT2D eigenvalue weighted by molar-refractivity contribution is 5.39. The van der Waals surface area contributed by atoms with Gasteiger partial charge in [-0.25, -0.2) is 0 Å². The molecule has 1 saturated heterocycles. The van der Waals surface area contributed by atoms with E-state index in [1.54, 1.807) is 6.07 Å². The highest BCUT2D eigenvalue weighted by Crippen LogP contribution is 2.57. The molecule has 0 spiro atoms. The van der Waals surface area contributed by atoms with Gasteiger partial charge in [0, 0.05) is 6.42 Å². The van der Waals surface area contributed by atoms with Gasteiger partial charge < -0.3 is 9.47 Å². The lowest BCUT2D eigenvalue weighted by molar-refractivity contribution is -0.781. The Morgan fingerprint density at radius 2 is 2.26 bits per heavy atom. The Balaban J connectivity index is 1.90. The van der Waals surface area contributed by atoms with Crippen molar-refractivity contribution in [1.29, 1.82) is 0 Å². The molecule has 1 aromatic rings. The zero-order valence-electron chi connectivity index (χ0n) is 10.3. The lowest BCUT2D eigenvalue weighted by atomic mass is 10.0. The molecule has 0 aromatic heterocycles. The first-order valence-electron chi connectivity index (χ1n) is 6.05. The maximum atomic E-state index is 10.6. The van der Waals surface area contributed by atoms with Gasteiger partial charge in [-0.2, -0.15) is 0 Å². The SMILES string of the molecule is CCCOC12Oc3ccccc3CC1(O[N+](=O)[O-])O2. The van der Waals surface area contributed by atoms with Gasteiger partial charge in [0.25, 0.3) is 5.09 Å². The summed E-state index contributed by atoms with van der Waals surface area (Å²) in [5.41, 5.74) is 0.789. The van der Waals surface area contributed by atoms with Crippen LogP contribution in [0.3, 0.4) is 0 Å². The van der Waals surface area contributed by atoms with Crippen molar-refractivity contribution in [3.63, 3.8) is 0 Å². The second kappa shape index (κ2) is 4.07. The second-order valence-electron chi connectivity index (χ2n) is 4.46. The van der Waals surface area contributed by atoms with E-state index in [4.69, 9.17) is 14.2 Å². The minimum Gasteiger partial charge on any atom is -0.435 e. The van der Waals surface area contributed by atoms with Crippen LogP contribution in [0.15, 0.2) is 24.3 Å². The molecule has 0 amide bonds. The lowest BCUT2D eigenvalue weighted by Gasteiger charge is -2.25. The number of hydrogen-bond donors (Lipinski definition) is 0. The van der Waals surface area contributed by atoms with Crippen molar-refractivity contribution in [3.05, 3.63) is 39.9 Å². The van der Waals surface area contributed by atoms with Crippen molar-refractivity contribution in [2.24, 2.45) is 0 Å². The number of hydrogen-bond acceptors (Lipinski definition) is 6. The molecule has 0 N–H and O–H groups in total. The largest absolute Gasteiger partial charge is 0.435 e. The molecule has 2 aliphatic heterocycles.